The van der Waals surface area contributed by atoms with Crippen molar-refractivity contribution in [2.24, 2.45) is 0 Å². The van der Waals surface area contributed by atoms with Gasteiger partial charge in [0, 0.05) is 0 Å². The quantitative estimate of drug-likeness (QED) is 0.677. The molecule has 82 valence electrons. The van der Waals surface area contributed by atoms with Crippen LogP contribution in [0.3, 0.4) is 0 Å². The van der Waals surface area contributed by atoms with E-state index < -0.39 is 0 Å². The number of hydrogen-bond donors (Lipinski definition) is 0. The zero-order chi connectivity index (χ0) is 11.5. The van der Waals surface area contributed by atoms with Gasteiger partial charge in [-0.2, -0.15) is 0 Å². The van der Waals surface area contributed by atoms with Crippen LogP contribution in [0.15, 0.2) is 60.7 Å². The molecule has 0 aliphatic carbocycles. The van der Waals surface area contributed by atoms with Crippen molar-refractivity contribution in [1.82, 2.24) is 8.96 Å². The second-order valence-electron chi connectivity index (χ2n) is 3.66. The van der Waals surface area contributed by atoms with E-state index in [1.807, 2.05) is 48.5 Å². The van der Waals surface area contributed by atoms with Gasteiger partial charge in [0.05, 0.1) is 0 Å². The van der Waals surface area contributed by atoms with Crippen molar-refractivity contribution in [3.8, 4) is 21.5 Å². The van der Waals surface area contributed by atoms with Crippen LogP contribution in [-0.2, 0) is 0 Å². The van der Waals surface area contributed by atoms with Crippen LogP contribution >= 0.6 is 0 Å². The molecule has 3 aromatic rings. The normalized spacial score (nSPS) is 10.4. The van der Waals surface area contributed by atoms with Gasteiger partial charge in [-0.3, -0.25) is 0 Å². The number of rotatable bonds is 2. The van der Waals surface area contributed by atoms with Crippen molar-refractivity contribution >= 4 is 14.7 Å². The molecule has 0 atom stereocenters. The molecule has 0 spiro atoms. The van der Waals surface area contributed by atoms with E-state index in [9.17, 15) is 0 Å². The average Bonchev–Trinajstić information content (AvgIpc) is 2.90. The van der Waals surface area contributed by atoms with Crippen LogP contribution in [0.4, 0.5) is 0 Å². The fourth-order valence-electron chi connectivity index (χ4n) is 1.63. The van der Waals surface area contributed by atoms with Gasteiger partial charge in [0.1, 0.15) is 0 Å². The Balaban J connectivity index is 1.99. The van der Waals surface area contributed by atoms with E-state index in [1.165, 1.54) is 5.56 Å². The molecular formula is C14H10N2Se. The van der Waals surface area contributed by atoms with E-state index in [1.54, 1.807) is 0 Å². The summed E-state index contributed by atoms with van der Waals surface area (Å²) in [6.45, 7) is 0. The molecule has 1 heterocycles. The fraction of sp³-hybridized carbons (Fsp3) is 0. The standard InChI is InChI=1S/C14H10N2Se/c1-3-7-11(8-4-1)13-15-14(17-16-13)12-9-5-2-6-10-12/h1-10H. The Bertz CT molecular complexity index is 548. The van der Waals surface area contributed by atoms with E-state index in [2.05, 4.69) is 21.1 Å². The molecule has 0 aliphatic rings. The van der Waals surface area contributed by atoms with Gasteiger partial charge >= 0.3 is 106 Å². The van der Waals surface area contributed by atoms with Gasteiger partial charge in [0.25, 0.3) is 0 Å². The van der Waals surface area contributed by atoms with Gasteiger partial charge in [0.2, 0.25) is 0 Å². The first-order valence-electron chi connectivity index (χ1n) is 5.38. The first-order chi connectivity index (χ1) is 8.43. The van der Waals surface area contributed by atoms with Crippen LogP contribution in [0.25, 0.3) is 21.5 Å². The van der Waals surface area contributed by atoms with Gasteiger partial charge in [-0.15, -0.1) is 0 Å². The van der Waals surface area contributed by atoms with E-state index in [-0.39, 0.29) is 14.7 Å². The van der Waals surface area contributed by atoms with Crippen LogP contribution in [0.2, 0.25) is 0 Å². The minimum atomic E-state index is 0.104. The molecule has 0 aliphatic heterocycles. The third-order valence-corrected chi connectivity index (χ3v) is 4.08. The molecular weight excluding hydrogens is 275 g/mol. The molecule has 2 aromatic carbocycles. The first-order valence-corrected chi connectivity index (χ1v) is 7.00. The van der Waals surface area contributed by atoms with Crippen molar-refractivity contribution in [3.63, 3.8) is 0 Å². The van der Waals surface area contributed by atoms with Crippen molar-refractivity contribution in [2.45, 2.75) is 0 Å². The summed E-state index contributed by atoms with van der Waals surface area (Å²) >= 11 is 0.104. The molecule has 0 saturated heterocycles. The molecule has 0 fully saturated rings. The Hall–Kier alpha value is -1.70. The summed E-state index contributed by atoms with van der Waals surface area (Å²) in [6.07, 6.45) is 0. The predicted octanol–water partition coefficient (Wildman–Crippen LogP) is 2.87. The van der Waals surface area contributed by atoms with Crippen molar-refractivity contribution in [1.29, 1.82) is 0 Å². The first kappa shape index (κ1) is 10.5. The molecule has 3 rings (SSSR count). The van der Waals surface area contributed by atoms with Crippen LogP contribution in [0, 0.1) is 0 Å². The van der Waals surface area contributed by atoms with Gasteiger partial charge in [-0.25, -0.2) is 0 Å². The molecule has 0 bridgehead atoms. The Morgan fingerprint density at radius 1 is 0.706 bits per heavy atom. The molecule has 0 radical (unpaired) electrons. The van der Waals surface area contributed by atoms with Crippen LogP contribution < -0.4 is 0 Å². The minimum absolute atomic E-state index is 0.104. The topological polar surface area (TPSA) is 25.8 Å². The summed E-state index contributed by atoms with van der Waals surface area (Å²) in [5.41, 5.74) is 2.28. The molecule has 2 nitrogen and oxygen atoms in total. The van der Waals surface area contributed by atoms with Gasteiger partial charge in [-0.1, -0.05) is 0 Å². The van der Waals surface area contributed by atoms with Crippen LogP contribution in [0.1, 0.15) is 0 Å². The number of nitrogens with zero attached hydrogens (tertiary/aromatic N) is 2. The summed E-state index contributed by atoms with van der Waals surface area (Å²) in [6, 6.07) is 20.4. The third kappa shape index (κ3) is 2.21. The van der Waals surface area contributed by atoms with Crippen LogP contribution in [-0.4, -0.2) is 23.7 Å². The fourth-order valence-corrected chi connectivity index (χ4v) is 3.07. The Kier molecular flexibility index (Phi) is 2.86. The van der Waals surface area contributed by atoms with Crippen molar-refractivity contribution in [3.05, 3.63) is 60.7 Å². The average molecular weight is 285 g/mol. The molecule has 3 heteroatoms. The Labute approximate surface area is 106 Å². The Morgan fingerprint density at radius 3 is 1.94 bits per heavy atom. The molecule has 17 heavy (non-hydrogen) atoms. The van der Waals surface area contributed by atoms with Gasteiger partial charge in [-0.05, 0) is 0 Å². The van der Waals surface area contributed by atoms with Crippen molar-refractivity contribution < 1.29 is 0 Å². The summed E-state index contributed by atoms with van der Waals surface area (Å²) in [5, 5.41) is 0. The monoisotopic (exact) mass is 286 g/mol. The van der Waals surface area contributed by atoms with Gasteiger partial charge < -0.3 is 0 Å². The molecule has 0 N–H and O–H groups in total. The number of hydrogen-bond acceptors (Lipinski definition) is 2. The molecule has 1 aromatic heterocycles. The maximum atomic E-state index is 4.62. The summed E-state index contributed by atoms with van der Waals surface area (Å²) in [4.78, 5) is 4.62. The second kappa shape index (κ2) is 4.66. The van der Waals surface area contributed by atoms with E-state index >= 15 is 0 Å². The van der Waals surface area contributed by atoms with Crippen molar-refractivity contribution in [2.75, 3.05) is 0 Å². The molecule has 0 unspecified atom stereocenters. The maximum absolute atomic E-state index is 4.62. The zero-order valence-electron chi connectivity index (χ0n) is 9.08. The summed E-state index contributed by atoms with van der Waals surface area (Å²) in [7, 11) is 0. The predicted molar refractivity (Wildman–Crippen MR) is 69.8 cm³/mol. The van der Waals surface area contributed by atoms with E-state index in [0.29, 0.717) is 0 Å². The van der Waals surface area contributed by atoms with E-state index in [0.717, 1.165) is 16.0 Å². The summed E-state index contributed by atoms with van der Waals surface area (Å²) < 4.78 is 5.65. The SMILES string of the molecule is c1ccc(-c2n[se]c(-c3ccccc3)n2)cc1. The Morgan fingerprint density at radius 2 is 1.29 bits per heavy atom. The molecule has 0 amide bonds. The summed E-state index contributed by atoms with van der Waals surface area (Å²) in [5.74, 6) is 0.865. The van der Waals surface area contributed by atoms with Crippen LogP contribution in [0.5, 0.6) is 0 Å². The molecule has 0 saturated carbocycles. The number of aromatic nitrogens is 2. The second-order valence-corrected chi connectivity index (χ2v) is 5.23. The van der Waals surface area contributed by atoms with E-state index in [4.69, 9.17) is 0 Å². The zero-order valence-corrected chi connectivity index (χ0v) is 10.8. The number of benzene rings is 2. The van der Waals surface area contributed by atoms with Gasteiger partial charge in [0.15, 0.2) is 0 Å². The third-order valence-electron chi connectivity index (χ3n) is 2.48.